The Morgan fingerprint density at radius 1 is 1.55 bits per heavy atom. The molecular weight excluding hydrogens is 273 g/mol. The molecule has 0 fully saturated rings. The van der Waals surface area contributed by atoms with Gasteiger partial charge in [0.1, 0.15) is 5.56 Å². The number of carbonyl (C=O) groups is 1. The number of nitro benzene ring substituents is 1. The molecule has 0 bridgehead atoms. The Morgan fingerprint density at radius 2 is 2.30 bits per heavy atom. The standard InChI is InChI=1S/C9H8FN7O3/c10-5-2-7(17(19)20)4(1-6(5)11)9(18)12-3-8-13-15-16-14-8/h1-2H,3,11H2,(H,12,18)(H,13,14,15,16). The summed E-state index contributed by atoms with van der Waals surface area (Å²) >= 11 is 0. The number of nitrogens with one attached hydrogen (secondary N) is 2. The molecule has 1 amide bonds. The summed E-state index contributed by atoms with van der Waals surface area (Å²) in [6, 6.07) is 1.50. The Labute approximate surface area is 110 Å². The van der Waals surface area contributed by atoms with Crippen molar-refractivity contribution in [2.45, 2.75) is 6.54 Å². The van der Waals surface area contributed by atoms with E-state index in [1.165, 1.54) is 0 Å². The summed E-state index contributed by atoms with van der Waals surface area (Å²) in [6.07, 6.45) is 0. The fourth-order valence-corrected chi connectivity index (χ4v) is 1.42. The summed E-state index contributed by atoms with van der Waals surface area (Å²) in [5.41, 5.74) is 3.91. The number of nitrogens with zero attached hydrogens (tertiary/aromatic N) is 4. The summed E-state index contributed by atoms with van der Waals surface area (Å²) in [5, 5.41) is 25.8. The fourth-order valence-electron chi connectivity index (χ4n) is 1.42. The van der Waals surface area contributed by atoms with Crippen LogP contribution >= 0.6 is 0 Å². The molecule has 0 atom stereocenters. The highest BCUT2D eigenvalue weighted by Gasteiger charge is 2.23. The Balaban J connectivity index is 2.24. The van der Waals surface area contributed by atoms with Crippen LogP contribution in [0.25, 0.3) is 0 Å². The van der Waals surface area contributed by atoms with Gasteiger partial charge < -0.3 is 11.1 Å². The van der Waals surface area contributed by atoms with Gasteiger partial charge >= 0.3 is 0 Å². The van der Waals surface area contributed by atoms with E-state index in [0.29, 0.717) is 6.07 Å². The predicted molar refractivity (Wildman–Crippen MR) is 62.8 cm³/mol. The molecule has 4 N–H and O–H groups in total. The van der Waals surface area contributed by atoms with E-state index in [-0.39, 0.29) is 23.6 Å². The fraction of sp³-hybridized carbons (Fsp3) is 0.111. The number of tetrazole rings is 1. The number of anilines is 1. The molecule has 0 aliphatic heterocycles. The summed E-state index contributed by atoms with van der Waals surface area (Å²) < 4.78 is 13.2. The third-order valence-corrected chi connectivity index (χ3v) is 2.35. The van der Waals surface area contributed by atoms with Gasteiger partial charge in [-0.2, -0.15) is 5.21 Å². The number of aromatic nitrogens is 4. The summed E-state index contributed by atoms with van der Waals surface area (Å²) in [6.45, 7) is -0.0935. The lowest BCUT2D eigenvalue weighted by atomic mass is 10.1. The van der Waals surface area contributed by atoms with Gasteiger partial charge in [-0.05, 0) is 6.07 Å². The van der Waals surface area contributed by atoms with Gasteiger partial charge in [0, 0.05) is 0 Å². The number of carbonyl (C=O) groups excluding carboxylic acids is 1. The molecular formula is C9H8FN7O3. The van der Waals surface area contributed by atoms with Gasteiger partial charge in [-0.3, -0.25) is 14.9 Å². The highest BCUT2D eigenvalue weighted by Crippen LogP contribution is 2.24. The highest BCUT2D eigenvalue weighted by molar-refractivity contribution is 5.99. The molecule has 10 nitrogen and oxygen atoms in total. The van der Waals surface area contributed by atoms with Crippen molar-refractivity contribution in [1.29, 1.82) is 0 Å². The molecule has 0 aliphatic rings. The normalized spacial score (nSPS) is 10.2. The Bertz CT molecular complexity index is 658. The van der Waals surface area contributed by atoms with E-state index < -0.39 is 22.3 Å². The lowest BCUT2D eigenvalue weighted by Gasteiger charge is -2.05. The third-order valence-electron chi connectivity index (χ3n) is 2.35. The zero-order chi connectivity index (χ0) is 14.7. The largest absolute Gasteiger partial charge is 0.396 e. The minimum Gasteiger partial charge on any atom is -0.396 e. The molecule has 11 heteroatoms. The van der Waals surface area contributed by atoms with Gasteiger partial charge in [-0.1, -0.05) is 5.21 Å². The number of halogens is 1. The summed E-state index contributed by atoms with van der Waals surface area (Å²) in [7, 11) is 0. The van der Waals surface area contributed by atoms with Crippen molar-refractivity contribution in [1.82, 2.24) is 25.9 Å². The number of H-pyrrole nitrogens is 1. The van der Waals surface area contributed by atoms with Crippen LogP contribution in [0.1, 0.15) is 16.2 Å². The lowest BCUT2D eigenvalue weighted by Crippen LogP contribution is -2.24. The van der Waals surface area contributed by atoms with E-state index in [1.807, 2.05) is 0 Å². The van der Waals surface area contributed by atoms with Crippen LogP contribution in [0.15, 0.2) is 12.1 Å². The second kappa shape index (κ2) is 5.26. The first-order chi connectivity index (χ1) is 9.49. The Hall–Kier alpha value is -3.11. The highest BCUT2D eigenvalue weighted by atomic mass is 19.1. The van der Waals surface area contributed by atoms with Crippen molar-refractivity contribution in [3.8, 4) is 0 Å². The molecule has 2 rings (SSSR count). The second-order valence-corrected chi connectivity index (χ2v) is 3.66. The molecule has 0 saturated heterocycles. The van der Waals surface area contributed by atoms with Crippen LogP contribution in [-0.2, 0) is 6.54 Å². The zero-order valence-electron chi connectivity index (χ0n) is 9.83. The number of amides is 1. The van der Waals surface area contributed by atoms with Crippen LogP contribution in [0.4, 0.5) is 15.8 Å². The maximum absolute atomic E-state index is 13.2. The molecule has 1 heterocycles. The minimum absolute atomic E-state index is 0.0935. The van der Waals surface area contributed by atoms with E-state index in [0.717, 1.165) is 6.07 Å². The van der Waals surface area contributed by atoms with Crippen LogP contribution < -0.4 is 11.1 Å². The molecule has 1 aromatic carbocycles. The van der Waals surface area contributed by atoms with Crippen LogP contribution in [0.2, 0.25) is 0 Å². The average Bonchev–Trinajstić information content (AvgIpc) is 2.91. The van der Waals surface area contributed by atoms with Crippen molar-refractivity contribution in [2.75, 3.05) is 5.73 Å². The molecule has 1 aromatic heterocycles. The van der Waals surface area contributed by atoms with E-state index in [2.05, 4.69) is 25.9 Å². The topological polar surface area (TPSA) is 153 Å². The van der Waals surface area contributed by atoms with Crippen LogP contribution in [0, 0.1) is 15.9 Å². The number of hydrogen-bond acceptors (Lipinski definition) is 7. The molecule has 2 aromatic rings. The number of rotatable bonds is 4. The quantitative estimate of drug-likeness (QED) is 0.397. The minimum atomic E-state index is -0.966. The number of hydrogen-bond donors (Lipinski definition) is 3. The van der Waals surface area contributed by atoms with Crippen LogP contribution in [0.3, 0.4) is 0 Å². The molecule has 20 heavy (non-hydrogen) atoms. The number of nitrogen functional groups attached to an aromatic ring is 1. The van der Waals surface area contributed by atoms with Gasteiger partial charge in [-0.15, -0.1) is 10.2 Å². The molecule has 0 saturated carbocycles. The maximum Gasteiger partial charge on any atom is 0.285 e. The first kappa shape index (κ1) is 13.3. The monoisotopic (exact) mass is 281 g/mol. The SMILES string of the molecule is Nc1cc(C(=O)NCc2nn[nH]n2)c([N+](=O)[O-])cc1F. The molecule has 0 unspecified atom stereocenters. The zero-order valence-corrected chi connectivity index (χ0v) is 9.83. The van der Waals surface area contributed by atoms with Crippen molar-refractivity contribution in [2.24, 2.45) is 0 Å². The predicted octanol–water partition coefficient (Wildman–Crippen LogP) is -0.241. The van der Waals surface area contributed by atoms with E-state index in [9.17, 15) is 19.3 Å². The van der Waals surface area contributed by atoms with Gasteiger partial charge in [0.05, 0.1) is 23.2 Å². The lowest BCUT2D eigenvalue weighted by molar-refractivity contribution is -0.385. The number of benzene rings is 1. The van der Waals surface area contributed by atoms with Gasteiger partial charge in [0.15, 0.2) is 11.6 Å². The smallest absolute Gasteiger partial charge is 0.285 e. The van der Waals surface area contributed by atoms with Gasteiger partial charge in [0.2, 0.25) is 0 Å². The van der Waals surface area contributed by atoms with Gasteiger partial charge in [0.25, 0.3) is 11.6 Å². The van der Waals surface area contributed by atoms with Crippen molar-refractivity contribution in [3.05, 3.63) is 39.5 Å². The summed E-state index contributed by atoms with van der Waals surface area (Å²) in [4.78, 5) is 21.8. The summed E-state index contributed by atoms with van der Waals surface area (Å²) in [5.74, 6) is -1.57. The van der Waals surface area contributed by atoms with Crippen LogP contribution in [-0.4, -0.2) is 31.5 Å². The Kier molecular flexibility index (Phi) is 3.50. The first-order valence-corrected chi connectivity index (χ1v) is 5.23. The average molecular weight is 281 g/mol. The Morgan fingerprint density at radius 3 is 2.90 bits per heavy atom. The van der Waals surface area contributed by atoms with Crippen LogP contribution in [0.5, 0.6) is 0 Å². The van der Waals surface area contributed by atoms with Crippen molar-refractivity contribution in [3.63, 3.8) is 0 Å². The molecule has 0 radical (unpaired) electrons. The second-order valence-electron chi connectivity index (χ2n) is 3.66. The maximum atomic E-state index is 13.2. The molecule has 0 aliphatic carbocycles. The molecule has 104 valence electrons. The number of nitro groups is 1. The molecule has 0 spiro atoms. The van der Waals surface area contributed by atoms with Crippen molar-refractivity contribution >= 4 is 17.3 Å². The first-order valence-electron chi connectivity index (χ1n) is 5.23. The number of aromatic amines is 1. The third kappa shape index (κ3) is 2.66. The van der Waals surface area contributed by atoms with E-state index >= 15 is 0 Å². The van der Waals surface area contributed by atoms with Crippen molar-refractivity contribution < 1.29 is 14.1 Å². The van der Waals surface area contributed by atoms with E-state index in [4.69, 9.17) is 5.73 Å². The van der Waals surface area contributed by atoms with Gasteiger partial charge in [-0.25, -0.2) is 4.39 Å². The van der Waals surface area contributed by atoms with E-state index in [1.54, 1.807) is 0 Å². The number of nitrogens with two attached hydrogens (primary N) is 1.